The minimum Gasteiger partial charge on any atom is -0.393 e. The van der Waals surface area contributed by atoms with Crippen molar-refractivity contribution in [3.8, 4) is 0 Å². The Bertz CT molecular complexity index is 1690. The number of carbonyl (C=O) groups is 2. The van der Waals surface area contributed by atoms with E-state index >= 15 is 0 Å². The van der Waals surface area contributed by atoms with Gasteiger partial charge in [0.1, 0.15) is 0 Å². The molecular weight excluding hydrogens is 773 g/mol. The molecule has 342 valence electrons. The van der Waals surface area contributed by atoms with E-state index in [9.17, 15) is 28.2 Å². The first kappa shape index (κ1) is 45.3. The van der Waals surface area contributed by atoms with E-state index in [2.05, 4.69) is 52.2 Å². The first-order valence-electron chi connectivity index (χ1n) is 25.2. The van der Waals surface area contributed by atoms with Crippen LogP contribution in [0.15, 0.2) is 0 Å². The SMILES string of the molecule is C[C@H](CCC(=O)NCCS(=O)(=O)O)[C@H]1CCC2C3[C@@H](O)CC4C[C@H](NC(=O)CC[C@@H](C)[C@H]5CCC6[C@H]7C(CC[C@@]65C)[C@@]5(C)CCCCC5C[C@@H]7O)CC[C@]4(C)[C@H]3CC[C@@]21C. The lowest BCUT2D eigenvalue weighted by Crippen LogP contribution is -2.59. The second-order valence-corrected chi connectivity index (χ2v) is 25.6. The molecule has 0 heterocycles. The molecule has 19 atom stereocenters. The number of fused-ring (bicyclic) bond motifs is 10. The van der Waals surface area contributed by atoms with Gasteiger partial charge in [-0.05, 0) is 202 Å². The molecule has 0 aromatic carbocycles. The van der Waals surface area contributed by atoms with Crippen molar-refractivity contribution in [2.75, 3.05) is 12.3 Å². The van der Waals surface area contributed by atoms with Gasteiger partial charge < -0.3 is 20.8 Å². The number of hydrogen-bond acceptors (Lipinski definition) is 6. The van der Waals surface area contributed by atoms with Crippen LogP contribution in [0, 0.1) is 92.7 Å². The Morgan fingerprint density at radius 1 is 0.617 bits per heavy atom. The summed E-state index contributed by atoms with van der Waals surface area (Å²) in [6.45, 7) is 14.7. The van der Waals surface area contributed by atoms with Crippen LogP contribution in [0.5, 0.6) is 0 Å². The van der Waals surface area contributed by atoms with Gasteiger partial charge in [0.2, 0.25) is 11.8 Å². The Morgan fingerprint density at radius 2 is 1.12 bits per heavy atom. The lowest BCUT2D eigenvalue weighted by Gasteiger charge is -2.62. The minimum absolute atomic E-state index is 0.0727. The molecule has 0 spiro atoms. The van der Waals surface area contributed by atoms with E-state index in [-0.39, 0.29) is 52.9 Å². The van der Waals surface area contributed by atoms with Crippen molar-refractivity contribution in [2.45, 2.75) is 195 Å². The number of nitrogens with one attached hydrogen (secondary N) is 2. The van der Waals surface area contributed by atoms with Gasteiger partial charge in [-0.1, -0.05) is 54.4 Å². The molecule has 0 radical (unpaired) electrons. The van der Waals surface area contributed by atoms with Gasteiger partial charge in [-0.15, -0.1) is 0 Å². The molecule has 0 bridgehead atoms. The van der Waals surface area contributed by atoms with Gasteiger partial charge >= 0.3 is 0 Å². The van der Waals surface area contributed by atoms with Gasteiger partial charge in [-0.2, -0.15) is 8.42 Å². The van der Waals surface area contributed by atoms with Crippen LogP contribution in [0.4, 0.5) is 0 Å². The number of carbonyl (C=O) groups excluding carboxylic acids is 2. The standard InChI is InChI=1S/C50H84N2O7S/c1-30(10-16-43(55)51-25-26-60(57,58)59)35-12-15-38-46-40(20-24-50(35,38)6)48(4)22-18-34(27-33(48)29-42(46)54)52-44(56)17-11-31(2)36-13-14-37-45-39(19-23-49(36,37)5)47(3)21-8-7-9-32(47)28-41(45)53/h30-42,45-46,53-54H,7-29H2,1-6H3,(H,51,55)(H,52,56)(H,57,58,59)/t30-,31-,32?,33?,34-,35-,36-,37?,38?,39?,40+,41+,42+,45+,46?,47+,48+,49-,50-/m1/s1. The first-order valence-corrected chi connectivity index (χ1v) is 26.8. The summed E-state index contributed by atoms with van der Waals surface area (Å²) in [5, 5.41) is 29.9. The van der Waals surface area contributed by atoms with Gasteiger partial charge in [-0.25, -0.2) is 0 Å². The second-order valence-electron chi connectivity index (χ2n) is 24.0. The number of hydrogen-bond donors (Lipinski definition) is 5. The van der Waals surface area contributed by atoms with Crippen LogP contribution in [0.2, 0.25) is 0 Å². The number of amides is 2. The van der Waals surface area contributed by atoms with Crippen molar-refractivity contribution >= 4 is 21.9 Å². The molecule has 0 aromatic rings. The maximum absolute atomic E-state index is 13.7. The van der Waals surface area contributed by atoms with Gasteiger partial charge in [0, 0.05) is 25.4 Å². The number of rotatable bonds is 12. The predicted molar refractivity (Wildman–Crippen MR) is 236 cm³/mol. The van der Waals surface area contributed by atoms with Crippen molar-refractivity contribution in [1.82, 2.24) is 10.6 Å². The zero-order chi connectivity index (χ0) is 43.0. The molecule has 5 N–H and O–H groups in total. The molecule has 0 aliphatic heterocycles. The van der Waals surface area contributed by atoms with E-state index in [1.54, 1.807) is 0 Å². The van der Waals surface area contributed by atoms with Crippen LogP contribution in [-0.2, 0) is 19.7 Å². The normalized spacial score (nSPS) is 48.2. The highest BCUT2D eigenvalue weighted by Crippen LogP contribution is 2.70. The molecule has 8 aliphatic rings. The fraction of sp³-hybridized carbons (Fsp3) is 0.960. The summed E-state index contributed by atoms with van der Waals surface area (Å²) in [6.07, 6.45) is 22.1. The van der Waals surface area contributed by atoms with Crippen molar-refractivity contribution in [3.05, 3.63) is 0 Å². The largest absolute Gasteiger partial charge is 0.393 e. The number of aliphatic hydroxyl groups excluding tert-OH is 2. The maximum atomic E-state index is 13.7. The first-order chi connectivity index (χ1) is 28.3. The highest BCUT2D eigenvalue weighted by molar-refractivity contribution is 7.85. The third kappa shape index (κ3) is 8.09. The summed E-state index contributed by atoms with van der Waals surface area (Å²) in [6, 6.07) is 0.187. The van der Waals surface area contributed by atoms with Crippen LogP contribution in [0.1, 0.15) is 176 Å². The van der Waals surface area contributed by atoms with Gasteiger partial charge in [0.25, 0.3) is 10.1 Å². The molecule has 9 nitrogen and oxygen atoms in total. The van der Waals surface area contributed by atoms with Crippen molar-refractivity contribution in [1.29, 1.82) is 0 Å². The molecule has 8 rings (SSSR count). The van der Waals surface area contributed by atoms with E-state index < -0.39 is 15.9 Å². The van der Waals surface area contributed by atoms with E-state index in [1.807, 2.05) is 0 Å². The molecule has 8 fully saturated rings. The van der Waals surface area contributed by atoms with Crippen molar-refractivity contribution in [3.63, 3.8) is 0 Å². The molecule has 0 aromatic heterocycles. The predicted octanol–water partition coefficient (Wildman–Crippen LogP) is 8.96. The van der Waals surface area contributed by atoms with Crippen LogP contribution < -0.4 is 10.6 Å². The third-order valence-electron chi connectivity index (χ3n) is 21.5. The van der Waals surface area contributed by atoms with Crippen LogP contribution >= 0.6 is 0 Å². The van der Waals surface area contributed by atoms with Gasteiger partial charge in [-0.3, -0.25) is 14.1 Å². The third-order valence-corrected chi connectivity index (χ3v) is 22.2. The minimum atomic E-state index is -4.10. The Labute approximate surface area is 363 Å². The Balaban J connectivity index is 0.818. The Hall–Kier alpha value is -1.23. The molecule has 10 heteroatoms. The zero-order valence-electron chi connectivity index (χ0n) is 38.3. The fourth-order valence-electron chi connectivity index (χ4n) is 18.4. The highest BCUT2D eigenvalue weighted by atomic mass is 32.2. The van der Waals surface area contributed by atoms with Crippen molar-refractivity contribution < 1.29 is 32.8 Å². The summed E-state index contributed by atoms with van der Waals surface area (Å²) in [5.74, 6) is 5.70. The van der Waals surface area contributed by atoms with E-state index in [4.69, 9.17) is 4.55 Å². The quantitative estimate of drug-likeness (QED) is 0.123. The van der Waals surface area contributed by atoms with Gasteiger partial charge in [0.15, 0.2) is 0 Å². The summed E-state index contributed by atoms with van der Waals surface area (Å²) < 4.78 is 31.1. The summed E-state index contributed by atoms with van der Waals surface area (Å²) in [4.78, 5) is 26.2. The summed E-state index contributed by atoms with van der Waals surface area (Å²) in [5.41, 5.74) is 1.01. The lowest BCUT2D eigenvalue weighted by atomic mass is 9.43. The zero-order valence-corrected chi connectivity index (χ0v) is 39.1. The summed E-state index contributed by atoms with van der Waals surface area (Å²) in [7, 11) is -4.10. The maximum Gasteiger partial charge on any atom is 0.266 e. The molecule has 60 heavy (non-hydrogen) atoms. The second kappa shape index (κ2) is 17.0. The molecule has 8 saturated carbocycles. The smallest absolute Gasteiger partial charge is 0.266 e. The van der Waals surface area contributed by atoms with Crippen LogP contribution in [0.3, 0.4) is 0 Å². The lowest BCUT2D eigenvalue weighted by molar-refractivity contribution is -0.167. The molecular formula is C50H84N2O7S. The topological polar surface area (TPSA) is 153 Å². The highest BCUT2D eigenvalue weighted by Gasteiger charge is 2.64. The van der Waals surface area contributed by atoms with Crippen molar-refractivity contribution in [2.24, 2.45) is 92.7 Å². The molecule has 6 unspecified atom stereocenters. The Morgan fingerprint density at radius 3 is 1.68 bits per heavy atom. The summed E-state index contributed by atoms with van der Waals surface area (Å²) >= 11 is 0. The molecule has 0 saturated heterocycles. The monoisotopic (exact) mass is 857 g/mol. The van der Waals surface area contributed by atoms with Gasteiger partial charge in [0.05, 0.1) is 18.0 Å². The number of aliphatic hydroxyl groups is 2. The Kier molecular flexibility index (Phi) is 12.8. The van der Waals surface area contributed by atoms with Crippen LogP contribution in [0.25, 0.3) is 0 Å². The average Bonchev–Trinajstić information content (AvgIpc) is 3.73. The van der Waals surface area contributed by atoms with E-state index in [0.717, 1.165) is 70.6 Å². The van der Waals surface area contributed by atoms with E-state index in [1.165, 1.54) is 51.4 Å². The molecule has 2 amide bonds. The fourth-order valence-corrected chi connectivity index (χ4v) is 18.7. The van der Waals surface area contributed by atoms with Crippen LogP contribution in [-0.4, -0.2) is 65.5 Å². The molecule has 8 aliphatic carbocycles. The average molecular weight is 857 g/mol. The van der Waals surface area contributed by atoms with E-state index in [0.29, 0.717) is 89.3 Å².